The van der Waals surface area contributed by atoms with Crippen molar-refractivity contribution in [2.24, 2.45) is 0 Å². The van der Waals surface area contributed by atoms with E-state index >= 15 is 0 Å². The number of thiophene rings is 1. The highest BCUT2D eigenvalue weighted by Crippen LogP contribution is 2.46. The third-order valence-electron chi connectivity index (χ3n) is 9.42. The molecule has 0 fully saturated rings. The van der Waals surface area contributed by atoms with Crippen LogP contribution in [-0.2, 0) is 0 Å². The van der Waals surface area contributed by atoms with Gasteiger partial charge in [-0.25, -0.2) is 9.97 Å². The van der Waals surface area contributed by atoms with Gasteiger partial charge >= 0.3 is 0 Å². The van der Waals surface area contributed by atoms with E-state index in [2.05, 4.69) is 168 Å². The van der Waals surface area contributed by atoms with Crippen molar-refractivity contribution in [2.75, 3.05) is 0 Å². The van der Waals surface area contributed by atoms with Crippen molar-refractivity contribution in [3.63, 3.8) is 0 Å². The monoisotopic (exact) mass is 629 g/mol. The van der Waals surface area contributed by atoms with E-state index in [4.69, 9.17) is 9.97 Å². The Kier molecular flexibility index (Phi) is 6.05. The van der Waals surface area contributed by atoms with Crippen LogP contribution in [0, 0.1) is 0 Å². The van der Waals surface area contributed by atoms with Gasteiger partial charge < -0.3 is 4.57 Å². The summed E-state index contributed by atoms with van der Waals surface area (Å²) in [6.07, 6.45) is 0. The van der Waals surface area contributed by atoms with E-state index in [0.29, 0.717) is 0 Å². The van der Waals surface area contributed by atoms with Gasteiger partial charge in [-0.05, 0) is 59.7 Å². The third kappa shape index (κ3) is 4.13. The van der Waals surface area contributed by atoms with Crippen molar-refractivity contribution in [1.82, 2.24) is 14.5 Å². The first-order valence-electron chi connectivity index (χ1n) is 16.2. The highest BCUT2D eigenvalue weighted by Gasteiger charge is 2.22. The lowest BCUT2D eigenvalue weighted by molar-refractivity contribution is 1.18. The van der Waals surface area contributed by atoms with Crippen LogP contribution in [0.25, 0.3) is 92.3 Å². The summed E-state index contributed by atoms with van der Waals surface area (Å²) in [5, 5.41) is 5.93. The predicted octanol–water partition coefficient (Wildman–Crippen LogP) is 12.1. The van der Waals surface area contributed by atoms with Gasteiger partial charge in [-0.15, -0.1) is 11.3 Å². The Hall–Kier alpha value is -6.10. The van der Waals surface area contributed by atoms with Gasteiger partial charge in [-0.2, -0.15) is 0 Å². The summed E-state index contributed by atoms with van der Waals surface area (Å²) in [7, 11) is 0. The minimum atomic E-state index is 0.739. The van der Waals surface area contributed by atoms with Gasteiger partial charge in [0.1, 0.15) is 0 Å². The molecule has 0 radical (unpaired) electrons. The Bertz CT molecular complexity index is 2830. The Morgan fingerprint density at radius 1 is 0.458 bits per heavy atom. The van der Waals surface area contributed by atoms with E-state index in [9.17, 15) is 0 Å². The van der Waals surface area contributed by atoms with Gasteiger partial charge in [0, 0.05) is 53.1 Å². The van der Waals surface area contributed by atoms with Crippen LogP contribution in [0.3, 0.4) is 0 Å². The molecule has 0 amide bonds. The Labute approximate surface area is 281 Å². The van der Waals surface area contributed by atoms with E-state index < -0.39 is 0 Å². The average Bonchev–Trinajstić information content (AvgIpc) is 3.70. The zero-order chi connectivity index (χ0) is 31.6. The zero-order valence-electron chi connectivity index (χ0n) is 25.8. The van der Waals surface area contributed by atoms with Crippen molar-refractivity contribution >= 4 is 64.2 Å². The molecule has 7 aromatic carbocycles. The van der Waals surface area contributed by atoms with Crippen molar-refractivity contribution in [1.29, 1.82) is 0 Å². The van der Waals surface area contributed by atoms with E-state index in [-0.39, 0.29) is 0 Å². The molecule has 0 N–H and O–H groups in total. The first-order valence-corrected chi connectivity index (χ1v) is 17.0. The molecule has 3 aromatic heterocycles. The van der Waals surface area contributed by atoms with Gasteiger partial charge in [0.15, 0.2) is 5.82 Å². The normalized spacial score (nSPS) is 11.8. The van der Waals surface area contributed by atoms with Gasteiger partial charge in [0.2, 0.25) is 0 Å². The molecule has 3 nitrogen and oxygen atoms in total. The van der Waals surface area contributed by atoms with Crippen LogP contribution >= 0.6 is 11.3 Å². The molecule has 0 aliphatic rings. The number of nitrogens with zero attached hydrogens (tertiary/aromatic N) is 3. The standard InChI is InChI=1S/C44H27N3S/c1-3-13-28(14-4-1)43-33-18-7-10-20-36(33)45-44(46-43)42-31(24-26-40-41(42)34-19-9-12-22-39(34)48-40)29-23-25-38-35(27-29)32-17-8-11-21-37(32)47(38)30-15-5-2-6-16-30/h1-27H. The topological polar surface area (TPSA) is 30.7 Å². The van der Waals surface area contributed by atoms with E-state index in [1.165, 1.54) is 42.0 Å². The molecule has 0 saturated heterocycles. The number of aromatic nitrogens is 3. The molecular formula is C44H27N3S. The SMILES string of the molecule is c1ccc(-c2nc(-c3c(-c4ccc5c(c4)c4ccccc4n5-c4ccccc4)ccc4sc5ccccc5c34)nc3ccccc23)cc1. The number of hydrogen-bond acceptors (Lipinski definition) is 3. The number of hydrogen-bond donors (Lipinski definition) is 0. The summed E-state index contributed by atoms with van der Waals surface area (Å²) >= 11 is 1.83. The first kappa shape index (κ1) is 27.1. The molecule has 0 aliphatic heterocycles. The fourth-order valence-corrected chi connectivity index (χ4v) is 8.40. The molecule has 4 heteroatoms. The van der Waals surface area contributed by atoms with Gasteiger partial charge in [-0.3, -0.25) is 0 Å². The molecule has 10 aromatic rings. The van der Waals surface area contributed by atoms with E-state index in [1.54, 1.807) is 0 Å². The van der Waals surface area contributed by atoms with Crippen LogP contribution in [0.15, 0.2) is 164 Å². The highest BCUT2D eigenvalue weighted by atomic mass is 32.1. The van der Waals surface area contributed by atoms with Crippen molar-refractivity contribution in [2.45, 2.75) is 0 Å². The summed E-state index contributed by atoms with van der Waals surface area (Å²) in [5.41, 5.74) is 9.83. The van der Waals surface area contributed by atoms with Crippen LogP contribution in [0.1, 0.15) is 0 Å². The lowest BCUT2D eigenvalue weighted by Crippen LogP contribution is -1.97. The summed E-state index contributed by atoms with van der Waals surface area (Å²) in [4.78, 5) is 10.7. The molecule has 0 bridgehead atoms. The molecule has 48 heavy (non-hydrogen) atoms. The largest absolute Gasteiger partial charge is 0.309 e. The minimum absolute atomic E-state index is 0.739. The summed E-state index contributed by atoms with van der Waals surface area (Å²) in [6.45, 7) is 0. The molecule has 0 saturated carbocycles. The number of para-hydroxylation sites is 3. The molecular weight excluding hydrogens is 603 g/mol. The molecule has 10 rings (SSSR count). The molecule has 224 valence electrons. The maximum absolute atomic E-state index is 5.41. The second-order valence-corrected chi connectivity index (χ2v) is 13.2. The van der Waals surface area contributed by atoms with Crippen LogP contribution in [0.4, 0.5) is 0 Å². The number of benzene rings is 7. The lowest BCUT2D eigenvalue weighted by Gasteiger charge is -2.15. The van der Waals surface area contributed by atoms with Crippen LogP contribution < -0.4 is 0 Å². The second kappa shape index (κ2) is 10.7. The van der Waals surface area contributed by atoms with Crippen LogP contribution in [0.2, 0.25) is 0 Å². The molecule has 0 unspecified atom stereocenters. The zero-order valence-corrected chi connectivity index (χ0v) is 26.7. The van der Waals surface area contributed by atoms with Gasteiger partial charge in [-0.1, -0.05) is 115 Å². The maximum Gasteiger partial charge on any atom is 0.161 e. The Morgan fingerprint density at radius 2 is 1.15 bits per heavy atom. The smallest absolute Gasteiger partial charge is 0.161 e. The van der Waals surface area contributed by atoms with Crippen molar-refractivity contribution in [3.8, 4) is 39.5 Å². The lowest BCUT2D eigenvalue weighted by atomic mass is 9.93. The maximum atomic E-state index is 5.41. The summed E-state index contributed by atoms with van der Waals surface area (Å²) in [6, 6.07) is 58.3. The molecule has 0 atom stereocenters. The van der Waals surface area contributed by atoms with E-state index in [1.807, 2.05) is 11.3 Å². The second-order valence-electron chi connectivity index (χ2n) is 12.2. The molecule has 0 spiro atoms. The minimum Gasteiger partial charge on any atom is -0.309 e. The van der Waals surface area contributed by atoms with Gasteiger partial charge in [0.05, 0.1) is 22.2 Å². The van der Waals surface area contributed by atoms with Crippen molar-refractivity contribution in [3.05, 3.63) is 164 Å². The average molecular weight is 630 g/mol. The van der Waals surface area contributed by atoms with E-state index in [0.717, 1.165) is 50.4 Å². The quantitative estimate of drug-likeness (QED) is 0.194. The summed E-state index contributed by atoms with van der Waals surface area (Å²) in [5.74, 6) is 0.739. The molecule has 0 aliphatic carbocycles. The van der Waals surface area contributed by atoms with Crippen LogP contribution in [0.5, 0.6) is 0 Å². The van der Waals surface area contributed by atoms with Gasteiger partial charge in [0.25, 0.3) is 0 Å². The highest BCUT2D eigenvalue weighted by molar-refractivity contribution is 7.26. The summed E-state index contributed by atoms with van der Waals surface area (Å²) < 4.78 is 4.86. The third-order valence-corrected chi connectivity index (χ3v) is 10.6. The van der Waals surface area contributed by atoms with Crippen LogP contribution in [-0.4, -0.2) is 14.5 Å². The molecule has 3 heterocycles. The number of fused-ring (bicyclic) bond motifs is 7. The van der Waals surface area contributed by atoms with Crippen molar-refractivity contribution < 1.29 is 0 Å². The Balaban J connectivity index is 1.30. The fourth-order valence-electron chi connectivity index (χ4n) is 7.29. The predicted molar refractivity (Wildman–Crippen MR) is 203 cm³/mol. The Morgan fingerprint density at radius 3 is 2.00 bits per heavy atom. The fraction of sp³-hybridized carbons (Fsp3) is 0. The number of rotatable bonds is 4. The first-order chi connectivity index (χ1) is 23.8.